The average molecular weight is 246 g/mol. The predicted molar refractivity (Wildman–Crippen MR) is 73.5 cm³/mol. The third-order valence-corrected chi connectivity index (χ3v) is 3.94. The quantitative estimate of drug-likeness (QED) is 0.747. The molecule has 0 spiro atoms. The van der Waals surface area contributed by atoms with Crippen molar-refractivity contribution in [3.63, 3.8) is 0 Å². The third kappa shape index (κ3) is 2.29. The Morgan fingerprint density at radius 1 is 1.33 bits per heavy atom. The van der Waals surface area contributed by atoms with Gasteiger partial charge in [-0.05, 0) is 48.9 Å². The van der Waals surface area contributed by atoms with E-state index in [-0.39, 0.29) is 5.92 Å². The number of aryl methyl sites for hydroxylation is 1. The lowest BCUT2D eigenvalue weighted by molar-refractivity contribution is 0.0854. The summed E-state index contributed by atoms with van der Waals surface area (Å²) in [6, 6.07) is 4.04. The number of Topliss-reactive ketones (excluding diaryl/α,β-unsaturated/α-hetero) is 1. The normalized spacial score (nSPS) is 15.6. The second-order valence-corrected chi connectivity index (χ2v) is 5.56. The molecule has 0 unspecified atom stereocenters. The fourth-order valence-corrected chi connectivity index (χ4v) is 2.48. The average Bonchev–Trinajstić information content (AvgIpc) is 2.25. The Morgan fingerprint density at radius 2 is 2.00 bits per heavy atom. The van der Waals surface area contributed by atoms with Crippen LogP contribution in [0.2, 0.25) is 0 Å². The van der Waals surface area contributed by atoms with Gasteiger partial charge in [0, 0.05) is 11.5 Å². The van der Waals surface area contributed by atoms with Crippen molar-refractivity contribution in [1.29, 1.82) is 0 Å². The molecule has 2 rings (SSSR count). The van der Waals surface area contributed by atoms with E-state index in [1.54, 1.807) is 7.11 Å². The highest BCUT2D eigenvalue weighted by atomic mass is 16.5. The highest BCUT2D eigenvalue weighted by Gasteiger charge is 2.28. The molecule has 0 atom stereocenters. The van der Waals surface area contributed by atoms with Crippen molar-refractivity contribution in [2.75, 3.05) is 7.11 Å². The van der Waals surface area contributed by atoms with Crippen LogP contribution in [0, 0.1) is 12.8 Å². The zero-order chi connectivity index (χ0) is 13.3. The molecule has 98 valence electrons. The molecule has 1 saturated carbocycles. The minimum absolute atomic E-state index is 0.261. The molecule has 18 heavy (non-hydrogen) atoms. The topological polar surface area (TPSA) is 26.3 Å². The maximum absolute atomic E-state index is 12.4. The van der Waals surface area contributed by atoms with Crippen molar-refractivity contribution in [2.45, 2.75) is 46.0 Å². The monoisotopic (exact) mass is 246 g/mol. The van der Waals surface area contributed by atoms with Crippen LogP contribution in [0.25, 0.3) is 0 Å². The summed E-state index contributed by atoms with van der Waals surface area (Å²) in [5, 5.41) is 0. The van der Waals surface area contributed by atoms with Crippen LogP contribution < -0.4 is 4.74 Å². The van der Waals surface area contributed by atoms with Crippen LogP contribution in [0.4, 0.5) is 0 Å². The molecule has 2 heteroatoms. The molecule has 0 amide bonds. The first kappa shape index (κ1) is 13.1. The van der Waals surface area contributed by atoms with Crippen molar-refractivity contribution >= 4 is 5.78 Å². The van der Waals surface area contributed by atoms with Gasteiger partial charge < -0.3 is 4.74 Å². The summed E-state index contributed by atoms with van der Waals surface area (Å²) in [5.41, 5.74) is 3.06. The van der Waals surface area contributed by atoms with Gasteiger partial charge in [-0.1, -0.05) is 20.3 Å². The molecule has 0 aliphatic heterocycles. The minimum Gasteiger partial charge on any atom is -0.496 e. The summed E-state index contributed by atoms with van der Waals surface area (Å²) >= 11 is 0. The van der Waals surface area contributed by atoms with Crippen LogP contribution in [0.5, 0.6) is 5.75 Å². The number of ketones is 1. The van der Waals surface area contributed by atoms with Gasteiger partial charge in [0.25, 0.3) is 0 Å². The summed E-state index contributed by atoms with van der Waals surface area (Å²) in [5.74, 6) is 1.85. The van der Waals surface area contributed by atoms with E-state index in [0.29, 0.717) is 11.7 Å². The van der Waals surface area contributed by atoms with Crippen LogP contribution in [-0.4, -0.2) is 12.9 Å². The molecule has 1 fully saturated rings. The van der Waals surface area contributed by atoms with Gasteiger partial charge in [-0.25, -0.2) is 0 Å². The van der Waals surface area contributed by atoms with Crippen molar-refractivity contribution < 1.29 is 9.53 Å². The second-order valence-electron chi connectivity index (χ2n) is 5.56. The summed E-state index contributed by atoms with van der Waals surface area (Å²) in [6.07, 6.45) is 3.31. The first-order chi connectivity index (χ1) is 8.54. The van der Waals surface area contributed by atoms with Crippen LogP contribution in [-0.2, 0) is 0 Å². The van der Waals surface area contributed by atoms with Gasteiger partial charge in [0.05, 0.1) is 7.11 Å². The van der Waals surface area contributed by atoms with Crippen LogP contribution in [0.3, 0.4) is 0 Å². The second kappa shape index (κ2) is 5.13. The molecule has 2 nitrogen and oxygen atoms in total. The van der Waals surface area contributed by atoms with E-state index in [9.17, 15) is 4.79 Å². The van der Waals surface area contributed by atoms with E-state index >= 15 is 0 Å². The number of benzene rings is 1. The molecular weight excluding hydrogens is 224 g/mol. The molecule has 0 aromatic heterocycles. The van der Waals surface area contributed by atoms with Gasteiger partial charge in [0.2, 0.25) is 0 Å². The molecule has 0 bridgehead atoms. The highest BCUT2D eigenvalue weighted by molar-refractivity contribution is 6.00. The van der Waals surface area contributed by atoms with Crippen LogP contribution in [0.15, 0.2) is 12.1 Å². The first-order valence-electron chi connectivity index (χ1n) is 6.77. The lowest BCUT2D eigenvalue weighted by atomic mass is 9.78. The van der Waals surface area contributed by atoms with Crippen LogP contribution in [0.1, 0.15) is 60.5 Å². The maximum Gasteiger partial charge on any atom is 0.166 e. The molecule has 0 saturated heterocycles. The van der Waals surface area contributed by atoms with Gasteiger partial charge in [-0.3, -0.25) is 4.79 Å². The van der Waals surface area contributed by atoms with Gasteiger partial charge in [0.1, 0.15) is 5.75 Å². The highest BCUT2D eigenvalue weighted by Crippen LogP contribution is 2.34. The predicted octanol–water partition coefficient (Wildman–Crippen LogP) is 4.11. The largest absolute Gasteiger partial charge is 0.496 e. The van der Waals surface area contributed by atoms with E-state index in [4.69, 9.17) is 4.74 Å². The Balaban J connectivity index is 2.40. The molecule has 1 aromatic rings. The molecular formula is C16H22O2. The molecule has 1 aliphatic carbocycles. The Bertz CT molecular complexity index is 456. The number of carbonyl (C=O) groups excluding carboxylic acids is 1. The molecule has 0 heterocycles. The Labute approximate surface area is 109 Å². The minimum atomic E-state index is 0.261. The van der Waals surface area contributed by atoms with Crippen molar-refractivity contribution in [1.82, 2.24) is 0 Å². The summed E-state index contributed by atoms with van der Waals surface area (Å²) in [7, 11) is 1.69. The van der Waals surface area contributed by atoms with Crippen molar-refractivity contribution in [2.24, 2.45) is 5.92 Å². The van der Waals surface area contributed by atoms with E-state index < -0.39 is 0 Å². The Morgan fingerprint density at radius 3 is 2.44 bits per heavy atom. The van der Waals surface area contributed by atoms with Gasteiger partial charge >= 0.3 is 0 Å². The van der Waals surface area contributed by atoms with E-state index in [0.717, 1.165) is 35.3 Å². The standard InChI is InChI=1S/C16H22O2/c1-10(2)13-9-14(11(3)8-15(13)18-4)16(17)12-6-5-7-12/h8-10,12H,5-7H2,1-4H3. The number of carbonyl (C=O) groups is 1. The number of rotatable bonds is 4. The van der Waals surface area contributed by atoms with E-state index in [1.165, 1.54) is 6.42 Å². The van der Waals surface area contributed by atoms with Gasteiger partial charge in [0.15, 0.2) is 5.78 Å². The smallest absolute Gasteiger partial charge is 0.166 e. The fraction of sp³-hybridized carbons (Fsp3) is 0.562. The van der Waals surface area contributed by atoms with Crippen LogP contribution >= 0.6 is 0 Å². The Hall–Kier alpha value is -1.31. The number of ether oxygens (including phenoxy) is 1. The number of hydrogen-bond acceptors (Lipinski definition) is 2. The third-order valence-electron chi connectivity index (χ3n) is 3.94. The number of hydrogen-bond donors (Lipinski definition) is 0. The molecule has 0 radical (unpaired) electrons. The van der Waals surface area contributed by atoms with Crippen molar-refractivity contribution in [3.8, 4) is 5.75 Å². The molecule has 1 aliphatic rings. The lowest BCUT2D eigenvalue weighted by Gasteiger charge is -2.25. The summed E-state index contributed by atoms with van der Waals surface area (Å²) in [4.78, 5) is 12.4. The molecule has 0 N–H and O–H groups in total. The zero-order valence-corrected chi connectivity index (χ0v) is 11.7. The number of methoxy groups -OCH3 is 1. The molecule has 1 aromatic carbocycles. The van der Waals surface area contributed by atoms with E-state index in [1.807, 2.05) is 19.1 Å². The maximum atomic E-state index is 12.4. The van der Waals surface area contributed by atoms with Gasteiger partial charge in [-0.15, -0.1) is 0 Å². The summed E-state index contributed by atoms with van der Waals surface area (Å²) in [6.45, 7) is 6.26. The fourth-order valence-electron chi connectivity index (χ4n) is 2.48. The lowest BCUT2D eigenvalue weighted by Crippen LogP contribution is -2.23. The van der Waals surface area contributed by atoms with E-state index in [2.05, 4.69) is 13.8 Å². The van der Waals surface area contributed by atoms with Crippen molar-refractivity contribution in [3.05, 3.63) is 28.8 Å². The zero-order valence-electron chi connectivity index (χ0n) is 11.7. The Kier molecular flexibility index (Phi) is 3.74. The summed E-state index contributed by atoms with van der Waals surface area (Å²) < 4.78 is 5.41. The first-order valence-corrected chi connectivity index (χ1v) is 6.77. The van der Waals surface area contributed by atoms with Gasteiger partial charge in [-0.2, -0.15) is 0 Å². The SMILES string of the molecule is COc1cc(C)c(C(=O)C2CCC2)cc1C(C)C.